The van der Waals surface area contributed by atoms with Gasteiger partial charge in [0.2, 0.25) is 0 Å². The molecule has 2 N–H and O–H groups in total. The van der Waals surface area contributed by atoms with E-state index in [-0.39, 0.29) is 12.7 Å². The fourth-order valence-electron chi connectivity index (χ4n) is 5.71. The molecular weight excluding hydrogens is 536 g/mol. The number of aliphatic hydroxyl groups is 1. The summed E-state index contributed by atoms with van der Waals surface area (Å²) < 4.78 is 35.5. The van der Waals surface area contributed by atoms with Crippen molar-refractivity contribution in [1.29, 1.82) is 0 Å². The Morgan fingerprint density at radius 3 is 2.60 bits per heavy atom. The zero-order valence-electron chi connectivity index (χ0n) is 25.8. The molecule has 2 aliphatic heterocycles. The number of benzene rings is 2. The Hall–Kier alpha value is -2.24. The molecule has 0 aliphatic carbocycles. The number of aliphatic hydroxyl groups excluding tert-OH is 1. The van der Waals surface area contributed by atoms with Crippen LogP contribution < -0.4 is 15.0 Å². The van der Waals surface area contributed by atoms with Crippen LogP contribution in [-0.4, -0.2) is 90.7 Å². The van der Waals surface area contributed by atoms with Crippen LogP contribution in [0.1, 0.15) is 43.4 Å². The van der Waals surface area contributed by atoms with E-state index in [0.717, 1.165) is 67.2 Å². The molecule has 4 atom stereocenters. The molecule has 0 saturated carbocycles. The zero-order valence-corrected chi connectivity index (χ0v) is 25.8. The van der Waals surface area contributed by atoms with Crippen LogP contribution in [0.2, 0.25) is 0 Å². The molecule has 0 radical (unpaired) electrons. The Labute approximate surface area is 251 Å². The summed E-state index contributed by atoms with van der Waals surface area (Å²) in [5, 5.41) is 13.6. The summed E-state index contributed by atoms with van der Waals surface area (Å²) in [6.45, 7) is 11.1. The van der Waals surface area contributed by atoms with Crippen LogP contribution >= 0.6 is 0 Å². The highest BCUT2D eigenvalue weighted by atomic mass is 16.6. The molecule has 9 nitrogen and oxygen atoms in total. The first-order valence-corrected chi connectivity index (χ1v) is 15.2. The average Bonchev–Trinajstić information content (AvgIpc) is 3.00. The van der Waals surface area contributed by atoms with Crippen molar-refractivity contribution in [2.45, 2.75) is 57.7 Å². The van der Waals surface area contributed by atoms with Gasteiger partial charge in [-0.15, -0.1) is 0 Å². The van der Waals surface area contributed by atoms with Gasteiger partial charge in [0.25, 0.3) is 0 Å². The van der Waals surface area contributed by atoms with E-state index in [0.29, 0.717) is 45.5 Å². The van der Waals surface area contributed by atoms with E-state index in [9.17, 15) is 5.11 Å². The summed E-state index contributed by atoms with van der Waals surface area (Å²) >= 11 is 0. The molecule has 9 heteroatoms. The van der Waals surface area contributed by atoms with Crippen molar-refractivity contribution in [3.05, 3.63) is 59.2 Å². The summed E-state index contributed by atoms with van der Waals surface area (Å²) in [5.74, 6) is 1.26. The Balaban J connectivity index is 1.47. The number of nitrogens with zero attached hydrogens (tertiary/aromatic N) is 1. The van der Waals surface area contributed by atoms with Crippen LogP contribution in [0.15, 0.2) is 42.5 Å². The lowest BCUT2D eigenvalue weighted by atomic mass is 9.81. The van der Waals surface area contributed by atoms with E-state index in [1.165, 1.54) is 0 Å². The van der Waals surface area contributed by atoms with Gasteiger partial charge in [0.1, 0.15) is 24.1 Å². The molecule has 0 bridgehead atoms. The number of hydrogen-bond donors (Lipinski definition) is 2. The number of fused-ring (bicyclic) bond motifs is 1. The number of rotatable bonds is 17. The number of anilines is 1. The summed E-state index contributed by atoms with van der Waals surface area (Å²) in [4.78, 5) is 2.36. The van der Waals surface area contributed by atoms with Crippen molar-refractivity contribution < 1.29 is 33.5 Å². The second-order valence-corrected chi connectivity index (χ2v) is 11.6. The third-order valence-electron chi connectivity index (χ3n) is 7.88. The molecule has 4 rings (SSSR count). The topological polar surface area (TPSA) is 90.9 Å². The van der Waals surface area contributed by atoms with Gasteiger partial charge >= 0.3 is 0 Å². The standard InChI is InChI=1S/C33H50N2O7/c1-25(20-38-4)21-39-23-27-6-9-29(10-7-27)33(42-22-26(2)36)12-13-34-19-32(33)41-24-28-8-11-31-30(18-28)35(15-17-40-31)14-5-16-37-3/h6-11,18,25-26,32,34,36H,5,12-17,19-24H2,1-4H3/t25-,26+,32-,33-/m0/s1. The van der Waals surface area contributed by atoms with E-state index >= 15 is 0 Å². The Morgan fingerprint density at radius 2 is 1.83 bits per heavy atom. The fraction of sp³-hybridized carbons (Fsp3) is 0.636. The van der Waals surface area contributed by atoms with Crippen LogP contribution in [0.5, 0.6) is 5.75 Å². The number of nitrogens with one attached hydrogen (secondary N) is 1. The SMILES string of the molecule is COCCCN1CCOc2ccc(CO[C@H]3CNCC[C@]3(OC[C@@H](C)O)c3ccc(COC[C@@H](C)COC)cc3)cc21. The lowest BCUT2D eigenvalue weighted by Crippen LogP contribution is -2.55. The average molecular weight is 587 g/mol. The fourth-order valence-corrected chi connectivity index (χ4v) is 5.71. The van der Waals surface area contributed by atoms with Crippen molar-refractivity contribution >= 4 is 5.69 Å². The molecule has 1 fully saturated rings. The molecule has 0 unspecified atom stereocenters. The third-order valence-corrected chi connectivity index (χ3v) is 7.88. The van der Waals surface area contributed by atoms with Gasteiger partial charge in [-0.2, -0.15) is 0 Å². The van der Waals surface area contributed by atoms with Gasteiger partial charge in [0.05, 0.1) is 51.4 Å². The van der Waals surface area contributed by atoms with Crippen molar-refractivity contribution in [2.75, 3.05) is 78.3 Å². The monoisotopic (exact) mass is 586 g/mol. The minimum Gasteiger partial charge on any atom is -0.490 e. The molecule has 0 spiro atoms. The molecule has 234 valence electrons. The van der Waals surface area contributed by atoms with Crippen LogP contribution in [0.3, 0.4) is 0 Å². The van der Waals surface area contributed by atoms with Crippen LogP contribution in [-0.2, 0) is 42.5 Å². The molecule has 1 saturated heterocycles. The van der Waals surface area contributed by atoms with E-state index in [4.69, 9.17) is 28.4 Å². The van der Waals surface area contributed by atoms with Gasteiger partial charge in [-0.05, 0) is 55.1 Å². The smallest absolute Gasteiger partial charge is 0.142 e. The quantitative estimate of drug-likeness (QED) is 0.268. The number of hydrogen-bond acceptors (Lipinski definition) is 9. The molecular formula is C33H50N2O7. The zero-order chi connectivity index (χ0) is 29.8. The number of methoxy groups -OCH3 is 2. The Morgan fingerprint density at radius 1 is 1.02 bits per heavy atom. The third kappa shape index (κ3) is 8.89. The van der Waals surface area contributed by atoms with E-state index in [2.05, 4.69) is 53.5 Å². The second-order valence-electron chi connectivity index (χ2n) is 11.6. The van der Waals surface area contributed by atoms with Gasteiger partial charge in [-0.25, -0.2) is 0 Å². The predicted octanol–water partition coefficient (Wildman–Crippen LogP) is 3.89. The highest BCUT2D eigenvalue weighted by molar-refractivity contribution is 5.61. The maximum absolute atomic E-state index is 10.1. The maximum Gasteiger partial charge on any atom is 0.142 e. The minimum atomic E-state index is -0.682. The molecule has 2 aliphatic rings. The minimum absolute atomic E-state index is 0.231. The Kier molecular flexibility index (Phi) is 12.9. The highest BCUT2D eigenvalue weighted by Gasteiger charge is 2.44. The number of ether oxygens (including phenoxy) is 6. The lowest BCUT2D eigenvalue weighted by molar-refractivity contribution is -0.180. The summed E-state index contributed by atoms with van der Waals surface area (Å²) in [7, 11) is 3.45. The second kappa shape index (κ2) is 16.6. The summed E-state index contributed by atoms with van der Waals surface area (Å²) in [6, 6.07) is 14.7. The van der Waals surface area contributed by atoms with Crippen molar-refractivity contribution in [3.63, 3.8) is 0 Å². The van der Waals surface area contributed by atoms with Gasteiger partial charge < -0.3 is 43.7 Å². The van der Waals surface area contributed by atoms with Crippen molar-refractivity contribution in [2.24, 2.45) is 5.92 Å². The van der Waals surface area contributed by atoms with Gasteiger partial charge in [-0.3, -0.25) is 0 Å². The van der Waals surface area contributed by atoms with Gasteiger partial charge in [0.15, 0.2) is 0 Å². The maximum atomic E-state index is 10.1. The van der Waals surface area contributed by atoms with Gasteiger partial charge in [0, 0.05) is 39.8 Å². The highest BCUT2D eigenvalue weighted by Crippen LogP contribution is 2.38. The molecule has 0 amide bonds. The van der Waals surface area contributed by atoms with Crippen molar-refractivity contribution in [3.8, 4) is 5.75 Å². The molecule has 2 aromatic rings. The normalized spacial score (nSPS) is 21.9. The van der Waals surface area contributed by atoms with Gasteiger partial charge in [-0.1, -0.05) is 37.3 Å². The molecule has 2 aromatic carbocycles. The predicted molar refractivity (Wildman–Crippen MR) is 163 cm³/mol. The summed E-state index contributed by atoms with van der Waals surface area (Å²) in [6.07, 6.45) is 0.877. The van der Waals surface area contributed by atoms with E-state index in [1.54, 1.807) is 21.1 Å². The first kappa shape index (κ1) is 32.7. The lowest BCUT2D eigenvalue weighted by Gasteiger charge is -2.44. The van der Waals surface area contributed by atoms with E-state index in [1.807, 2.05) is 6.07 Å². The number of piperidine rings is 1. The first-order chi connectivity index (χ1) is 20.4. The van der Waals surface area contributed by atoms with Crippen LogP contribution in [0, 0.1) is 5.92 Å². The van der Waals surface area contributed by atoms with Crippen molar-refractivity contribution in [1.82, 2.24) is 5.32 Å². The van der Waals surface area contributed by atoms with E-state index < -0.39 is 11.7 Å². The molecule has 0 aromatic heterocycles. The van der Waals surface area contributed by atoms with Crippen LogP contribution in [0.4, 0.5) is 5.69 Å². The Bertz CT molecular complexity index is 1070. The van der Waals surface area contributed by atoms with Crippen LogP contribution in [0.25, 0.3) is 0 Å². The largest absolute Gasteiger partial charge is 0.490 e. The molecule has 2 heterocycles. The molecule has 42 heavy (non-hydrogen) atoms. The first-order valence-electron chi connectivity index (χ1n) is 15.2. The summed E-state index contributed by atoms with van der Waals surface area (Å²) in [5.41, 5.74) is 3.66.